The molecule has 19 heavy (non-hydrogen) atoms. The highest BCUT2D eigenvalue weighted by Crippen LogP contribution is 2.37. The van der Waals surface area contributed by atoms with Gasteiger partial charge in [-0.2, -0.15) is 0 Å². The van der Waals surface area contributed by atoms with Gasteiger partial charge in [-0.05, 0) is 42.5 Å². The first kappa shape index (κ1) is 16.9. The van der Waals surface area contributed by atoms with Crippen molar-refractivity contribution >= 4 is 34.8 Å². The molecule has 0 spiro atoms. The van der Waals surface area contributed by atoms with Crippen LogP contribution < -0.4 is 4.74 Å². The molecule has 0 heterocycles. The summed E-state index contributed by atoms with van der Waals surface area (Å²) >= 11 is 18.5. The van der Waals surface area contributed by atoms with Crippen LogP contribution in [0.15, 0.2) is 18.2 Å². The maximum absolute atomic E-state index is 6.20. The van der Waals surface area contributed by atoms with E-state index in [0.29, 0.717) is 22.7 Å². The molecular weight excluding hydrogens is 303 g/mol. The minimum Gasteiger partial charge on any atom is -0.496 e. The van der Waals surface area contributed by atoms with E-state index in [9.17, 15) is 0 Å². The van der Waals surface area contributed by atoms with Crippen LogP contribution in [0.4, 0.5) is 0 Å². The fraction of sp³-hybridized carbons (Fsp3) is 0.600. The molecule has 0 aliphatic rings. The number of benzene rings is 1. The average Bonchev–Trinajstić information content (AvgIpc) is 2.37. The molecule has 0 aliphatic carbocycles. The summed E-state index contributed by atoms with van der Waals surface area (Å²) in [6.45, 7) is 4.37. The minimum absolute atomic E-state index is 0.116. The molecule has 1 rings (SSSR count). The van der Waals surface area contributed by atoms with Gasteiger partial charge in [0.25, 0.3) is 0 Å². The van der Waals surface area contributed by atoms with Crippen molar-refractivity contribution in [2.24, 2.45) is 11.3 Å². The molecule has 0 N–H and O–H groups in total. The van der Waals surface area contributed by atoms with E-state index >= 15 is 0 Å². The van der Waals surface area contributed by atoms with Crippen LogP contribution >= 0.6 is 34.8 Å². The Hall–Kier alpha value is -0.110. The summed E-state index contributed by atoms with van der Waals surface area (Å²) in [5.74, 6) is 2.45. The first-order valence-electron chi connectivity index (χ1n) is 6.40. The van der Waals surface area contributed by atoms with Gasteiger partial charge in [-0.25, -0.2) is 0 Å². The molecule has 1 aromatic carbocycles. The Bertz CT molecular complexity index is 400. The number of hydrogen-bond donors (Lipinski definition) is 0. The summed E-state index contributed by atoms with van der Waals surface area (Å²) in [6, 6.07) is 5.66. The van der Waals surface area contributed by atoms with E-state index in [-0.39, 0.29) is 5.41 Å². The molecular formula is C15H21Cl3O. The highest BCUT2D eigenvalue weighted by molar-refractivity contribution is 6.30. The third-order valence-corrected chi connectivity index (χ3v) is 4.59. The van der Waals surface area contributed by atoms with Crippen molar-refractivity contribution < 1.29 is 4.74 Å². The number of methoxy groups -OCH3 is 1. The summed E-state index contributed by atoms with van der Waals surface area (Å²) in [6.07, 6.45) is 1.76. The van der Waals surface area contributed by atoms with E-state index in [1.165, 1.54) is 0 Å². The van der Waals surface area contributed by atoms with Crippen LogP contribution in [0.25, 0.3) is 0 Å². The van der Waals surface area contributed by atoms with Crippen molar-refractivity contribution in [2.45, 2.75) is 26.7 Å². The first-order valence-corrected chi connectivity index (χ1v) is 7.85. The van der Waals surface area contributed by atoms with E-state index < -0.39 is 0 Å². The molecule has 0 saturated heterocycles. The van der Waals surface area contributed by atoms with Crippen molar-refractivity contribution in [3.63, 3.8) is 0 Å². The average molecular weight is 324 g/mol. The molecule has 108 valence electrons. The van der Waals surface area contributed by atoms with E-state index in [0.717, 1.165) is 24.2 Å². The first-order chi connectivity index (χ1) is 8.96. The second-order valence-electron chi connectivity index (χ2n) is 5.50. The highest BCUT2D eigenvalue weighted by atomic mass is 35.5. The maximum Gasteiger partial charge on any atom is 0.122 e. The molecule has 0 atom stereocenters. The van der Waals surface area contributed by atoms with Gasteiger partial charge in [-0.15, -0.1) is 23.2 Å². The van der Waals surface area contributed by atoms with Crippen LogP contribution in [-0.4, -0.2) is 18.9 Å². The second-order valence-corrected chi connectivity index (χ2v) is 6.47. The predicted octanol–water partition coefficient (Wildman–Crippen LogP) is 5.40. The summed E-state index contributed by atoms with van der Waals surface area (Å²) in [4.78, 5) is 0. The molecule has 0 aromatic heterocycles. The van der Waals surface area contributed by atoms with Crippen LogP contribution in [-0.2, 0) is 6.42 Å². The van der Waals surface area contributed by atoms with Crippen LogP contribution in [0.1, 0.15) is 25.8 Å². The normalized spacial score (nSPS) is 11.9. The zero-order valence-electron chi connectivity index (χ0n) is 11.7. The lowest BCUT2D eigenvalue weighted by atomic mass is 9.78. The lowest BCUT2D eigenvalue weighted by Gasteiger charge is -2.32. The Morgan fingerprint density at radius 3 is 2.32 bits per heavy atom. The largest absolute Gasteiger partial charge is 0.496 e. The lowest BCUT2D eigenvalue weighted by molar-refractivity contribution is 0.290. The maximum atomic E-state index is 6.20. The molecule has 0 bridgehead atoms. The fourth-order valence-electron chi connectivity index (χ4n) is 2.47. The SMILES string of the molecule is COc1ccc(Cl)cc1CC(CCl)(CCl)CC(C)C. The molecule has 1 aromatic rings. The van der Waals surface area contributed by atoms with Gasteiger partial charge in [-0.1, -0.05) is 25.4 Å². The van der Waals surface area contributed by atoms with Crippen molar-refractivity contribution in [3.8, 4) is 5.75 Å². The van der Waals surface area contributed by atoms with Gasteiger partial charge in [0.2, 0.25) is 0 Å². The quantitative estimate of drug-likeness (QED) is 0.610. The van der Waals surface area contributed by atoms with Gasteiger partial charge >= 0.3 is 0 Å². The van der Waals surface area contributed by atoms with Crippen molar-refractivity contribution in [3.05, 3.63) is 28.8 Å². The second kappa shape index (κ2) is 7.61. The smallest absolute Gasteiger partial charge is 0.122 e. The molecule has 0 amide bonds. The van der Waals surface area contributed by atoms with Gasteiger partial charge in [-0.3, -0.25) is 0 Å². The zero-order chi connectivity index (χ0) is 14.5. The van der Waals surface area contributed by atoms with Gasteiger partial charge in [0.1, 0.15) is 5.75 Å². The van der Waals surface area contributed by atoms with Gasteiger partial charge in [0.15, 0.2) is 0 Å². The topological polar surface area (TPSA) is 9.23 Å². The third-order valence-electron chi connectivity index (χ3n) is 3.22. The molecule has 4 heteroatoms. The Morgan fingerprint density at radius 1 is 1.21 bits per heavy atom. The number of halogens is 3. The Balaban J connectivity index is 3.05. The molecule has 0 unspecified atom stereocenters. The molecule has 0 radical (unpaired) electrons. The van der Waals surface area contributed by atoms with Gasteiger partial charge < -0.3 is 4.74 Å². The Labute approximate surface area is 131 Å². The number of ether oxygens (including phenoxy) is 1. The van der Waals surface area contributed by atoms with E-state index in [4.69, 9.17) is 39.5 Å². The van der Waals surface area contributed by atoms with Crippen molar-refractivity contribution in [1.82, 2.24) is 0 Å². The standard InChI is InChI=1S/C15H21Cl3O/c1-11(2)7-15(9-16,10-17)8-12-6-13(18)4-5-14(12)19-3/h4-6,11H,7-10H2,1-3H3. The summed E-state index contributed by atoms with van der Waals surface area (Å²) < 4.78 is 5.40. The van der Waals surface area contributed by atoms with E-state index in [1.807, 2.05) is 18.2 Å². The molecule has 1 nitrogen and oxygen atoms in total. The molecule has 0 aliphatic heterocycles. The molecule has 0 fully saturated rings. The van der Waals surface area contributed by atoms with Crippen LogP contribution in [0.5, 0.6) is 5.75 Å². The van der Waals surface area contributed by atoms with E-state index in [1.54, 1.807) is 7.11 Å². The summed E-state index contributed by atoms with van der Waals surface area (Å²) in [7, 11) is 1.66. The predicted molar refractivity (Wildman–Crippen MR) is 85.0 cm³/mol. The van der Waals surface area contributed by atoms with Crippen LogP contribution in [0.2, 0.25) is 5.02 Å². The molecule has 0 saturated carbocycles. The van der Waals surface area contributed by atoms with Gasteiger partial charge in [0.05, 0.1) is 7.11 Å². The van der Waals surface area contributed by atoms with Crippen LogP contribution in [0.3, 0.4) is 0 Å². The van der Waals surface area contributed by atoms with E-state index in [2.05, 4.69) is 13.8 Å². The van der Waals surface area contributed by atoms with Crippen LogP contribution in [0, 0.1) is 11.3 Å². The number of alkyl halides is 2. The number of hydrogen-bond acceptors (Lipinski definition) is 1. The van der Waals surface area contributed by atoms with Crippen molar-refractivity contribution in [1.29, 1.82) is 0 Å². The Kier molecular flexibility index (Phi) is 6.79. The van der Waals surface area contributed by atoms with Gasteiger partial charge in [0, 0.05) is 22.2 Å². The number of rotatable bonds is 7. The summed E-state index contributed by atoms with van der Waals surface area (Å²) in [5.41, 5.74) is 0.951. The Morgan fingerprint density at radius 2 is 1.84 bits per heavy atom. The van der Waals surface area contributed by atoms with Crippen molar-refractivity contribution in [2.75, 3.05) is 18.9 Å². The lowest BCUT2D eigenvalue weighted by Crippen LogP contribution is -2.30. The third kappa shape index (κ3) is 4.73. The fourth-order valence-corrected chi connectivity index (χ4v) is 3.35. The highest BCUT2D eigenvalue weighted by Gasteiger charge is 2.30. The summed E-state index contributed by atoms with van der Waals surface area (Å²) in [5, 5.41) is 0.707. The minimum atomic E-state index is -0.116. The monoisotopic (exact) mass is 322 g/mol. The zero-order valence-corrected chi connectivity index (χ0v) is 13.9.